The largest absolute Gasteiger partial charge is 0.379 e. The Morgan fingerprint density at radius 2 is 2.19 bits per heavy atom. The highest BCUT2D eigenvalue weighted by atomic mass is 35.5. The number of nitrogens with one attached hydrogen (secondary N) is 3. The maximum absolute atomic E-state index is 14.3. The van der Waals surface area contributed by atoms with Gasteiger partial charge in [0, 0.05) is 53.8 Å². The molecule has 0 spiro atoms. The molecule has 0 bridgehead atoms. The number of nitrogens with zero attached hydrogens (tertiary/aromatic N) is 4. The second-order valence-corrected chi connectivity index (χ2v) is 7.69. The molecule has 0 radical (unpaired) electrons. The highest BCUT2D eigenvalue weighted by Gasteiger charge is 2.18. The summed E-state index contributed by atoms with van der Waals surface area (Å²) in [6.45, 7) is 6.03. The van der Waals surface area contributed by atoms with E-state index in [-0.39, 0.29) is 16.0 Å². The van der Waals surface area contributed by atoms with E-state index in [1.54, 1.807) is 19.2 Å². The molecule has 1 aliphatic rings. The Kier molecular flexibility index (Phi) is 6.59. The monoisotopic (exact) mass is 453 g/mol. The van der Waals surface area contributed by atoms with Crippen LogP contribution in [0.25, 0.3) is 22.4 Å². The number of fused-ring (bicyclic) bond motifs is 1. The predicted molar refractivity (Wildman–Crippen MR) is 122 cm³/mol. The fourth-order valence-corrected chi connectivity index (χ4v) is 3.50. The number of hydrogen-bond acceptors (Lipinski definition) is 7. The first-order valence-corrected chi connectivity index (χ1v) is 10.4. The molecule has 3 aromatic rings. The zero-order valence-corrected chi connectivity index (χ0v) is 17.7. The van der Waals surface area contributed by atoms with Gasteiger partial charge in [0.05, 0.1) is 24.4 Å². The van der Waals surface area contributed by atoms with Crippen LogP contribution in [0.4, 0.5) is 10.2 Å². The number of carbonyl (C=O) groups excluding carboxylic acids is 1. The van der Waals surface area contributed by atoms with Crippen molar-refractivity contribution in [2.75, 3.05) is 44.7 Å². The summed E-state index contributed by atoms with van der Waals surface area (Å²) in [5, 5.41) is 6.89. The van der Waals surface area contributed by atoms with E-state index in [0.29, 0.717) is 41.8 Å². The van der Waals surface area contributed by atoms with Crippen molar-refractivity contribution in [2.45, 2.75) is 13.0 Å². The van der Waals surface area contributed by atoms with Crippen molar-refractivity contribution >= 4 is 34.4 Å². The van der Waals surface area contributed by atoms with Gasteiger partial charge in [-0.25, -0.2) is 19.3 Å². The van der Waals surface area contributed by atoms with E-state index < -0.39 is 11.9 Å². The lowest BCUT2D eigenvalue weighted by Gasteiger charge is -2.26. The molecular weight excluding hydrogens is 425 g/mol. The number of rotatable bonds is 7. The second-order valence-electron chi connectivity index (χ2n) is 7.25. The van der Waals surface area contributed by atoms with Gasteiger partial charge < -0.3 is 20.4 Å². The average Bonchev–Trinajstić information content (AvgIpc) is 3.19. The van der Waals surface area contributed by atoms with Gasteiger partial charge in [0.15, 0.2) is 17.5 Å². The van der Waals surface area contributed by atoms with Crippen molar-refractivity contribution in [3.05, 3.63) is 35.5 Å². The quantitative estimate of drug-likeness (QED) is 0.504. The van der Waals surface area contributed by atoms with Gasteiger partial charge in [0.1, 0.15) is 11.7 Å². The molecule has 4 rings (SSSR count). The van der Waals surface area contributed by atoms with E-state index >= 15 is 0 Å². The Bertz CT molecular complexity index is 1090. The number of anilines is 1. The summed E-state index contributed by atoms with van der Waals surface area (Å²) in [7, 11) is 0. The molecule has 31 heavy (non-hydrogen) atoms. The molecular formula is C20H29ClFN7O2. The number of pyridine rings is 1. The van der Waals surface area contributed by atoms with Gasteiger partial charge in [0.2, 0.25) is 5.91 Å². The van der Waals surface area contributed by atoms with E-state index in [0.717, 1.165) is 31.2 Å². The molecule has 11 heteroatoms. The normalized spacial score (nSPS) is 15.7. The van der Waals surface area contributed by atoms with Gasteiger partial charge in [-0.15, -0.1) is 0 Å². The van der Waals surface area contributed by atoms with Crippen molar-refractivity contribution in [2.24, 2.45) is 0 Å². The standard InChI is InChI=1S/C20H23ClFN7O2.3H2/c1-12(20(30)23-2-3-29-4-6-31-7-5-29)27-19-16(22)11-26-18(28-19)15-10-25-17-14(15)8-13(21)9-24-17;;;/h8-12H,2-7H2,1H3,(H,23,30)(H,24,25)(H,26,27,28);3*1H/t12-;;;/m0.../s1. The summed E-state index contributed by atoms with van der Waals surface area (Å²) in [4.78, 5) is 30.2. The van der Waals surface area contributed by atoms with Crippen LogP contribution < -0.4 is 10.6 Å². The third-order valence-electron chi connectivity index (χ3n) is 5.06. The molecule has 1 amide bonds. The van der Waals surface area contributed by atoms with Crippen molar-refractivity contribution < 1.29 is 18.2 Å². The summed E-state index contributed by atoms with van der Waals surface area (Å²) < 4.78 is 19.6. The molecule has 170 valence electrons. The van der Waals surface area contributed by atoms with E-state index in [1.807, 2.05) is 0 Å². The van der Waals surface area contributed by atoms with Crippen molar-refractivity contribution in [3.63, 3.8) is 0 Å². The Hall–Kier alpha value is -2.82. The Balaban J connectivity index is 0.00000193. The van der Waals surface area contributed by atoms with E-state index in [4.69, 9.17) is 16.3 Å². The summed E-state index contributed by atoms with van der Waals surface area (Å²) in [5.41, 5.74) is 1.26. The third kappa shape index (κ3) is 5.09. The molecule has 1 aliphatic heterocycles. The topological polar surface area (TPSA) is 108 Å². The Morgan fingerprint density at radius 1 is 1.39 bits per heavy atom. The summed E-state index contributed by atoms with van der Waals surface area (Å²) in [6, 6.07) is 1.06. The molecule has 3 N–H and O–H groups in total. The first-order chi connectivity index (χ1) is 15.0. The van der Waals surface area contributed by atoms with Crippen LogP contribution in [0.3, 0.4) is 0 Å². The van der Waals surface area contributed by atoms with Crippen LogP contribution in [0.2, 0.25) is 5.02 Å². The van der Waals surface area contributed by atoms with Crippen LogP contribution >= 0.6 is 11.6 Å². The first-order valence-electron chi connectivity index (χ1n) is 10.0. The van der Waals surface area contributed by atoms with Crippen LogP contribution in [0.1, 0.15) is 11.2 Å². The molecule has 0 aliphatic carbocycles. The van der Waals surface area contributed by atoms with Crippen molar-refractivity contribution in [3.8, 4) is 11.4 Å². The smallest absolute Gasteiger partial charge is 0.242 e. The van der Waals surface area contributed by atoms with Crippen LogP contribution in [0, 0.1) is 5.82 Å². The van der Waals surface area contributed by atoms with Crippen molar-refractivity contribution in [1.82, 2.24) is 30.2 Å². The third-order valence-corrected chi connectivity index (χ3v) is 5.27. The fourth-order valence-electron chi connectivity index (χ4n) is 3.35. The lowest BCUT2D eigenvalue weighted by atomic mass is 10.2. The van der Waals surface area contributed by atoms with Crippen LogP contribution in [-0.4, -0.2) is 76.2 Å². The van der Waals surface area contributed by atoms with E-state index in [1.165, 1.54) is 6.20 Å². The van der Waals surface area contributed by atoms with Gasteiger partial charge in [-0.2, -0.15) is 0 Å². The van der Waals surface area contributed by atoms with Gasteiger partial charge >= 0.3 is 0 Å². The summed E-state index contributed by atoms with van der Waals surface area (Å²) in [5.74, 6) is -0.645. The molecule has 0 aromatic carbocycles. The summed E-state index contributed by atoms with van der Waals surface area (Å²) in [6.07, 6.45) is 4.29. The highest BCUT2D eigenvalue weighted by Crippen LogP contribution is 2.28. The number of halogens is 2. The number of ether oxygens (including phenoxy) is 1. The zero-order chi connectivity index (χ0) is 21.8. The van der Waals surface area contributed by atoms with E-state index in [2.05, 4.69) is 35.5 Å². The summed E-state index contributed by atoms with van der Waals surface area (Å²) >= 11 is 6.04. The molecule has 4 heterocycles. The number of carbonyl (C=O) groups is 1. The minimum atomic E-state index is -0.680. The minimum Gasteiger partial charge on any atom is -0.379 e. The van der Waals surface area contributed by atoms with Crippen LogP contribution in [-0.2, 0) is 9.53 Å². The number of aromatic amines is 1. The molecule has 3 aromatic heterocycles. The molecule has 9 nitrogen and oxygen atoms in total. The molecule has 1 fully saturated rings. The second kappa shape index (κ2) is 9.54. The molecule has 0 unspecified atom stereocenters. The van der Waals surface area contributed by atoms with Crippen molar-refractivity contribution in [1.29, 1.82) is 0 Å². The Morgan fingerprint density at radius 3 is 3.00 bits per heavy atom. The Labute approximate surface area is 187 Å². The number of aromatic nitrogens is 4. The maximum Gasteiger partial charge on any atom is 0.242 e. The zero-order valence-electron chi connectivity index (χ0n) is 17.0. The fraction of sp³-hybridized carbons (Fsp3) is 0.400. The van der Waals surface area contributed by atoms with Crippen LogP contribution in [0.5, 0.6) is 0 Å². The number of morpholine rings is 1. The molecule has 1 saturated heterocycles. The number of hydrogen-bond donors (Lipinski definition) is 3. The number of H-pyrrole nitrogens is 1. The van der Waals surface area contributed by atoms with Gasteiger partial charge in [0.25, 0.3) is 0 Å². The van der Waals surface area contributed by atoms with Gasteiger partial charge in [-0.3, -0.25) is 9.69 Å². The number of amides is 1. The lowest BCUT2D eigenvalue weighted by molar-refractivity contribution is -0.121. The average molecular weight is 454 g/mol. The highest BCUT2D eigenvalue weighted by molar-refractivity contribution is 6.31. The predicted octanol–water partition coefficient (Wildman–Crippen LogP) is 2.80. The SMILES string of the molecule is C[C@H](Nc1nc(-c2c[nH]c3ncc(Cl)cc23)ncc1F)C(=O)NCCN1CCOCC1.[HH].[HH].[HH]. The van der Waals surface area contributed by atoms with Gasteiger partial charge in [-0.05, 0) is 13.0 Å². The van der Waals surface area contributed by atoms with Gasteiger partial charge in [-0.1, -0.05) is 11.6 Å². The molecule has 1 atom stereocenters. The van der Waals surface area contributed by atoms with Crippen LogP contribution in [0.15, 0.2) is 24.7 Å². The minimum absolute atomic E-state index is 0. The molecule has 0 saturated carbocycles. The first kappa shape index (κ1) is 21.4. The maximum atomic E-state index is 14.3. The van der Waals surface area contributed by atoms with E-state index in [9.17, 15) is 9.18 Å². The lowest BCUT2D eigenvalue weighted by Crippen LogP contribution is -2.44.